The van der Waals surface area contributed by atoms with E-state index in [0.717, 1.165) is 12.0 Å². The number of aliphatic carboxylic acids is 1. The summed E-state index contributed by atoms with van der Waals surface area (Å²) in [5, 5.41) is 13.7. The number of nitrogens with zero attached hydrogens (tertiary/aromatic N) is 1. The first kappa shape index (κ1) is 22.5. The van der Waals surface area contributed by atoms with E-state index in [0.29, 0.717) is 18.8 Å². The molecular weight excluding hydrogens is 374 g/mol. The van der Waals surface area contributed by atoms with Crippen LogP contribution in [0.3, 0.4) is 0 Å². The Bertz CT molecular complexity index is 814. The summed E-state index contributed by atoms with van der Waals surface area (Å²) in [6.07, 6.45) is 1.73. The first-order chi connectivity index (χ1) is 14.1. The van der Waals surface area contributed by atoms with Gasteiger partial charge >= 0.3 is 0 Å². The molecule has 1 aliphatic heterocycles. The molecule has 0 radical (unpaired) electrons. The van der Waals surface area contributed by atoms with Crippen molar-refractivity contribution in [3.63, 3.8) is 0 Å². The van der Waals surface area contributed by atoms with Crippen molar-refractivity contribution in [2.45, 2.75) is 77.0 Å². The molecule has 4 nitrogen and oxygen atoms in total. The second kappa shape index (κ2) is 8.91. The third kappa shape index (κ3) is 5.11. The number of piperidine rings is 1. The average Bonchev–Trinajstić information content (AvgIpc) is 2.70. The number of carbonyl (C=O) groups excluding carboxylic acids is 1. The zero-order valence-electron chi connectivity index (χ0n) is 18.8. The Morgan fingerprint density at radius 2 is 1.43 bits per heavy atom. The summed E-state index contributed by atoms with van der Waals surface area (Å²) in [6.45, 7) is 10.5. The van der Waals surface area contributed by atoms with Gasteiger partial charge in [0.05, 0.1) is 0 Å². The van der Waals surface area contributed by atoms with Crippen LogP contribution < -0.4 is 5.11 Å². The van der Waals surface area contributed by atoms with Gasteiger partial charge in [0.2, 0.25) is 0 Å². The highest BCUT2D eigenvalue weighted by Gasteiger charge is 2.47. The second-order valence-corrected chi connectivity index (χ2v) is 9.90. The minimum atomic E-state index is -0.965. The van der Waals surface area contributed by atoms with Crippen LogP contribution in [0, 0.1) is 5.92 Å². The third-order valence-corrected chi connectivity index (χ3v) is 6.27. The molecular formula is C26H34NO3-. The summed E-state index contributed by atoms with van der Waals surface area (Å²) in [4.78, 5) is 18.4. The Kier molecular flexibility index (Phi) is 6.68. The van der Waals surface area contributed by atoms with Crippen molar-refractivity contribution < 1.29 is 14.7 Å². The molecule has 2 unspecified atom stereocenters. The predicted molar refractivity (Wildman–Crippen MR) is 117 cm³/mol. The van der Waals surface area contributed by atoms with Crippen LogP contribution in [0.1, 0.15) is 77.0 Å². The molecule has 3 rings (SSSR count). The number of carboxylic acids is 1. The standard InChI is InChI=1S/C26H35NO3/c1-19(20-12-8-6-9-13-20)16-23(21-14-10-7-11-15-21)30-27-25(2,3)17-22(24(28)29)18-26(27,4)5/h6-15,19,22-23H,16-18H2,1-5H3,(H,28,29)/p-1. The molecule has 1 fully saturated rings. The van der Waals surface area contributed by atoms with Crippen molar-refractivity contribution in [3.05, 3.63) is 71.8 Å². The minimum absolute atomic E-state index is 0.126. The van der Waals surface area contributed by atoms with Crippen LogP contribution in [0.25, 0.3) is 0 Å². The number of hydrogen-bond acceptors (Lipinski definition) is 4. The zero-order valence-corrected chi connectivity index (χ0v) is 18.8. The van der Waals surface area contributed by atoms with Gasteiger partial charge in [-0.15, -0.1) is 0 Å². The number of benzene rings is 2. The smallest absolute Gasteiger partial charge is 0.105 e. The van der Waals surface area contributed by atoms with Gasteiger partial charge in [-0.1, -0.05) is 67.6 Å². The molecule has 0 bridgehead atoms. The summed E-state index contributed by atoms with van der Waals surface area (Å²) < 4.78 is 0. The number of carbonyl (C=O) groups is 1. The lowest BCUT2D eigenvalue weighted by Crippen LogP contribution is -2.62. The molecule has 2 aromatic carbocycles. The van der Waals surface area contributed by atoms with Crippen LogP contribution in [0.4, 0.5) is 0 Å². The van der Waals surface area contributed by atoms with Crippen molar-refractivity contribution in [3.8, 4) is 0 Å². The topological polar surface area (TPSA) is 52.6 Å². The lowest BCUT2D eigenvalue weighted by atomic mass is 9.75. The SMILES string of the molecule is CC(CC(ON1C(C)(C)CC(C(=O)[O-])CC1(C)C)c1ccccc1)c1ccccc1. The monoisotopic (exact) mass is 408 g/mol. The fraction of sp³-hybridized carbons (Fsp3) is 0.500. The Labute approximate surface area is 180 Å². The Hall–Kier alpha value is -2.17. The molecule has 2 atom stereocenters. The molecule has 0 N–H and O–H groups in total. The van der Waals surface area contributed by atoms with E-state index in [1.165, 1.54) is 5.56 Å². The largest absolute Gasteiger partial charge is 0.550 e. The van der Waals surface area contributed by atoms with Crippen molar-refractivity contribution >= 4 is 5.97 Å². The molecule has 0 amide bonds. The van der Waals surface area contributed by atoms with Gasteiger partial charge < -0.3 is 9.90 Å². The molecule has 4 heteroatoms. The summed E-state index contributed by atoms with van der Waals surface area (Å²) in [5.74, 6) is -1.11. The van der Waals surface area contributed by atoms with Gasteiger partial charge in [0, 0.05) is 23.0 Å². The first-order valence-electron chi connectivity index (χ1n) is 10.9. The normalized spacial score (nSPS) is 21.1. The van der Waals surface area contributed by atoms with Crippen molar-refractivity contribution in [1.82, 2.24) is 5.06 Å². The highest BCUT2D eigenvalue weighted by molar-refractivity contribution is 5.68. The average molecular weight is 409 g/mol. The van der Waals surface area contributed by atoms with Gasteiger partial charge in [-0.25, -0.2) is 0 Å². The van der Waals surface area contributed by atoms with Crippen LogP contribution >= 0.6 is 0 Å². The maximum Gasteiger partial charge on any atom is 0.105 e. The van der Waals surface area contributed by atoms with E-state index in [4.69, 9.17) is 4.84 Å². The molecule has 2 aromatic rings. The van der Waals surface area contributed by atoms with Crippen LogP contribution in [0.15, 0.2) is 60.7 Å². The van der Waals surface area contributed by atoms with E-state index in [-0.39, 0.29) is 6.10 Å². The summed E-state index contributed by atoms with van der Waals surface area (Å²) in [6, 6.07) is 20.8. The minimum Gasteiger partial charge on any atom is -0.550 e. The molecule has 0 saturated carbocycles. The van der Waals surface area contributed by atoms with E-state index < -0.39 is 23.0 Å². The van der Waals surface area contributed by atoms with Crippen LogP contribution in [-0.2, 0) is 9.63 Å². The van der Waals surface area contributed by atoms with Crippen molar-refractivity contribution in [1.29, 1.82) is 0 Å². The lowest BCUT2D eigenvalue weighted by molar-refractivity contribution is -0.336. The predicted octanol–water partition coefficient (Wildman–Crippen LogP) is 4.87. The Morgan fingerprint density at radius 3 is 1.90 bits per heavy atom. The lowest BCUT2D eigenvalue weighted by Gasteiger charge is -2.55. The summed E-state index contributed by atoms with van der Waals surface area (Å²) >= 11 is 0. The molecule has 30 heavy (non-hydrogen) atoms. The molecule has 0 spiro atoms. The zero-order chi connectivity index (χ0) is 21.9. The molecule has 0 aliphatic carbocycles. The molecule has 0 aromatic heterocycles. The number of hydrogen-bond donors (Lipinski definition) is 0. The second-order valence-electron chi connectivity index (χ2n) is 9.90. The number of rotatable bonds is 7. The molecule has 162 valence electrons. The summed E-state index contributed by atoms with van der Waals surface area (Å²) in [7, 11) is 0. The Balaban J connectivity index is 1.88. The van der Waals surface area contributed by atoms with Crippen LogP contribution in [0.2, 0.25) is 0 Å². The van der Waals surface area contributed by atoms with E-state index in [9.17, 15) is 9.90 Å². The number of carboxylic acid groups (broad SMARTS) is 1. The van der Waals surface area contributed by atoms with Crippen molar-refractivity contribution in [2.24, 2.45) is 5.92 Å². The maximum atomic E-state index is 11.6. The Morgan fingerprint density at radius 1 is 0.967 bits per heavy atom. The van der Waals surface area contributed by atoms with Gasteiger partial charge in [-0.05, 0) is 64.0 Å². The van der Waals surface area contributed by atoms with Gasteiger partial charge in [0.1, 0.15) is 6.10 Å². The maximum absolute atomic E-state index is 11.6. The first-order valence-corrected chi connectivity index (χ1v) is 10.9. The van der Waals surface area contributed by atoms with Gasteiger partial charge in [-0.2, -0.15) is 5.06 Å². The van der Waals surface area contributed by atoms with Crippen molar-refractivity contribution in [2.75, 3.05) is 0 Å². The van der Waals surface area contributed by atoms with Gasteiger partial charge in [0.15, 0.2) is 0 Å². The highest BCUT2D eigenvalue weighted by atomic mass is 16.7. The van der Waals surface area contributed by atoms with Crippen LogP contribution in [-0.4, -0.2) is 22.1 Å². The number of hydroxylamine groups is 2. The van der Waals surface area contributed by atoms with Gasteiger partial charge in [0.25, 0.3) is 0 Å². The van der Waals surface area contributed by atoms with E-state index in [1.807, 2.05) is 24.3 Å². The van der Waals surface area contributed by atoms with Gasteiger partial charge in [-0.3, -0.25) is 4.84 Å². The summed E-state index contributed by atoms with van der Waals surface area (Å²) in [5.41, 5.74) is 1.58. The van der Waals surface area contributed by atoms with Crippen LogP contribution in [0.5, 0.6) is 0 Å². The molecule has 1 saturated heterocycles. The fourth-order valence-electron chi connectivity index (χ4n) is 4.99. The van der Waals surface area contributed by atoms with E-state index in [2.05, 4.69) is 76.1 Å². The van der Waals surface area contributed by atoms with E-state index in [1.54, 1.807) is 0 Å². The highest BCUT2D eigenvalue weighted by Crippen LogP contribution is 2.44. The quantitative estimate of drug-likeness (QED) is 0.656. The third-order valence-electron chi connectivity index (χ3n) is 6.27. The fourth-order valence-corrected chi connectivity index (χ4v) is 4.99. The molecule has 1 heterocycles. The van der Waals surface area contributed by atoms with E-state index >= 15 is 0 Å². The molecule has 1 aliphatic rings.